The van der Waals surface area contributed by atoms with Gasteiger partial charge in [0.2, 0.25) is 7.44 Å². The molecular weight excluding hydrogens is 583 g/mol. The highest BCUT2D eigenvalue weighted by atomic mass is 31.2. The van der Waals surface area contributed by atoms with Crippen LogP contribution in [-0.4, -0.2) is 63.2 Å². The molecule has 4 N–H and O–H groups in total. The van der Waals surface area contributed by atoms with Gasteiger partial charge in [-0.2, -0.15) is 0 Å². The molecule has 12 nitrogen and oxygen atoms in total. The summed E-state index contributed by atoms with van der Waals surface area (Å²) in [5, 5.41) is 6.16. The molecule has 1 aliphatic carbocycles. The number of carbonyl (C=O) groups excluding carboxylic acids is 2. The Bertz CT molecular complexity index is 1260. The summed E-state index contributed by atoms with van der Waals surface area (Å²) in [6, 6.07) is 1.69. The Morgan fingerprint density at radius 3 is 2.34 bits per heavy atom. The van der Waals surface area contributed by atoms with E-state index in [1.807, 2.05) is 11.5 Å². The molecule has 248 valence electrons. The predicted molar refractivity (Wildman–Crippen MR) is 172 cm³/mol. The lowest BCUT2D eigenvalue weighted by atomic mass is 9.78. The topological polar surface area (TPSA) is 160 Å². The van der Waals surface area contributed by atoms with Gasteiger partial charge in [-0.25, -0.2) is 20.1 Å². The largest absolute Gasteiger partial charge is 0.464 e. The van der Waals surface area contributed by atoms with Gasteiger partial charge in [-0.3, -0.25) is 14.2 Å². The summed E-state index contributed by atoms with van der Waals surface area (Å²) in [6.45, 7) is 10.3. The molecule has 0 saturated heterocycles. The summed E-state index contributed by atoms with van der Waals surface area (Å²) < 4.78 is 33.8. The summed E-state index contributed by atoms with van der Waals surface area (Å²) in [5.74, 6) is -0.932. The zero-order valence-corrected chi connectivity index (χ0v) is 28.1. The van der Waals surface area contributed by atoms with Gasteiger partial charge in [-0.05, 0) is 58.9 Å². The molecule has 1 unspecified atom stereocenters. The molecule has 1 fully saturated rings. The summed E-state index contributed by atoms with van der Waals surface area (Å²) in [7, 11) is -3.72. The highest BCUT2D eigenvalue weighted by Gasteiger charge is 2.51. The van der Waals surface area contributed by atoms with Crippen LogP contribution >= 0.6 is 7.44 Å². The van der Waals surface area contributed by atoms with E-state index in [0.717, 1.165) is 57.8 Å². The number of unbranched alkanes of at least 4 members (excludes halogenated alkanes) is 6. The summed E-state index contributed by atoms with van der Waals surface area (Å²) in [5.41, 5.74) is 5.36. The maximum atomic E-state index is 14.6. The molecule has 2 atom stereocenters. The minimum Gasteiger partial charge on any atom is -0.464 e. The van der Waals surface area contributed by atoms with E-state index in [4.69, 9.17) is 19.9 Å². The predicted octanol–water partition coefficient (Wildman–Crippen LogP) is 5.70. The number of nitrogen functional groups attached to an aromatic ring is 1. The maximum Gasteiger partial charge on any atom is 0.326 e. The second kappa shape index (κ2) is 16.7. The van der Waals surface area contributed by atoms with E-state index in [1.165, 1.54) is 0 Å². The van der Waals surface area contributed by atoms with Gasteiger partial charge < -0.3 is 24.5 Å². The van der Waals surface area contributed by atoms with Crippen LogP contribution in [0.5, 0.6) is 0 Å². The molecule has 2 heterocycles. The number of rotatable bonds is 21. The Labute approximate surface area is 262 Å². The third-order valence-corrected chi connectivity index (χ3v) is 10.2. The molecule has 44 heavy (non-hydrogen) atoms. The van der Waals surface area contributed by atoms with Gasteiger partial charge in [0.1, 0.15) is 22.9 Å². The lowest BCUT2D eigenvalue weighted by molar-refractivity contribution is -0.154. The molecule has 1 aliphatic rings. The Morgan fingerprint density at radius 2 is 1.73 bits per heavy atom. The van der Waals surface area contributed by atoms with Crippen LogP contribution in [0.2, 0.25) is 0 Å². The van der Waals surface area contributed by atoms with Gasteiger partial charge in [-0.15, -0.1) is 0 Å². The van der Waals surface area contributed by atoms with Crippen molar-refractivity contribution in [1.82, 2.24) is 24.7 Å². The van der Waals surface area contributed by atoms with E-state index in [0.29, 0.717) is 49.5 Å². The minimum atomic E-state index is -3.72. The molecule has 1 saturated carbocycles. The van der Waals surface area contributed by atoms with E-state index < -0.39 is 36.6 Å². The van der Waals surface area contributed by atoms with Crippen LogP contribution in [0.25, 0.3) is 11.2 Å². The van der Waals surface area contributed by atoms with E-state index >= 15 is 0 Å². The van der Waals surface area contributed by atoms with Crippen LogP contribution in [0, 0.1) is 0 Å². The van der Waals surface area contributed by atoms with Crippen LogP contribution in [0.1, 0.15) is 105 Å². The van der Waals surface area contributed by atoms with Crippen LogP contribution < -0.4 is 15.9 Å². The van der Waals surface area contributed by atoms with Gasteiger partial charge in [0.05, 0.1) is 37.9 Å². The zero-order chi connectivity index (χ0) is 32.2. The lowest BCUT2D eigenvalue weighted by Crippen LogP contribution is -2.60. The number of hydrogen-bond acceptors (Lipinski definition) is 9. The number of nitrogens with two attached hydrogens (primary N) is 1. The van der Waals surface area contributed by atoms with Gasteiger partial charge in [0.15, 0.2) is 5.65 Å². The molecule has 3 rings (SSSR count). The molecule has 13 heteroatoms. The highest BCUT2D eigenvalue weighted by Crippen LogP contribution is 2.47. The van der Waals surface area contributed by atoms with Crippen LogP contribution in [-0.2, 0) is 34.9 Å². The number of carbonyl (C=O) groups is 2. The van der Waals surface area contributed by atoms with Crippen molar-refractivity contribution in [1.29, 1.82) is 0 Å². The SMILES string of the molecule is CCCCCCOC(=O)C(C)(C)NP(=O)(CO[C@H](C)Cn1cnc2c(N)ccnc21)NC1(C(=O)OCCCCCC)CCC1. The second-order valence-corrected chi connectivity index (χ2v) is 14.7. The first-order chi connectivity index (χ1) is 21.0. The third kappa shape index (κ3) is 9.99. The number of hydrogen-bond donors (Lipinski definition) is 3. The fraction of sp³-hybridized carbons (Fsp3) is 0.742. The van der Waals surface area contributed by atoms with Gasteiger partial charge in [0.25, 0.3) is 0 Å². The number of anilines is 1. The molecule has 0 aliphatic heterocycles. The van der Waals surface area contributed by atoms with Gasteiger partial charge in [-0.1, -0.05) is 52.4 Å². The van der Waals surface area contributed by atoms with Crippen molar-refractivity contribution in [2.24, 2.45) is 0 Å². The molecule has 0 radical (unpaired) electrons. The van der Waals surface area contributed by atoms with E-state index in [1.54, 1.807) is 32.4 Å². The first-order valence-corrected chi connectivity index (χ1v) is 18.0. The first kappa shape index (κ1) is 35.9. The minimum absolute atomic E-state index is 0.269. The van der Waals surface area contributed by atoms with Gasteiger partial charge >= 0.3 is 11.9 Å². The van der Waals surface area contributed by atoms with Crippen LogP contribution in [0.3, 0.4) is 0 Å². The number of pyridine rings is 1. The fourth-order valence-electron chi connectivity index (χ4n) is 5.21. The Morgan fingerprint density at radius 1 is 1.07 bits per heavy atom. The van der Waals surface area contributed by atoms with Gasteiger partial charge in [0, 0.05) is 6.20 Å². The third-order valence-electron chi connectivity index (χ3n) is 7.95. The summed E-state index contributed by atoms with van der Waals surface area (Å²) in [4.78, 5) is 35.1. The van der Waals surface area contributed by atoms with E-state index in [-0.39, 0.29) is 6.35 Å². The smallest absolute Gasteiger partial charge is 0.326 e. The number of nitrogens with one attached hydrogen (secondary N) is 2. The summed E-state index contributed by atoms with van der Waals surface area (Å²) >= 11 is 0. The lowest BCUT2D eigenvalue weighted by Gasteiger charge is -2.43. The highest BCUT2D eigenvalue weighted by molar-refractivity contribution is 7.59. The van der Waals surface area contributed by atoms with Crippen molar-refractivity contribution < 1.29 is 28.4 Å². The monoisotopic (exact) mass is 636 g/mol. The van der Waals surface area contributed by atoms with Crippen molar-refractivity contribution in [2.75, 3.05) is 25.3 Å². The summed E-state index contributed by atoms with van der Waals surface area (Å²) in [6.07, 6.45) is 12.2. The van der Waals surface area contributed by atoms with Crippen LogP contribution in [0.15, 0.2) is 18.6 Å². The molecule has 0 amide bonds. The van der Waals surface area contributed by atoms with Crippen LogP contribution in [0.4, 0.5) is 5.69 Å². The fourth-order valence-corrected chi connectivity index (χ4v) is 7.86. The molecule has 2 aromatic heterocycles. The molecule has 2 aromatic rings. The molecule has 0 aromatic carbocycles. The zero-order valence-electron chi connectivity index (χ0n) is 27.2. The van der Waals surface area contributed by atoms with E-state index in [2.05, 4.69) is 34.0 Å². The standard InChI is InChI=1S/C31H53N6O6P/c1-6-8-10-12-19-41-28(38)30(4,5)35-44(40,36-31(16-14-17-31)29(39)42-20-13-11-9-7-2)23-43-24(3)21-37-22-34-26-25(32)15-18-33-27(26)37/h15,18,22,24H,6-14,16-17,19-21,23H2,1-5H3,(H2,32,33)(H2,35,36,40)/t24-,44?/m1/s1. The van der Waals surface area contributed by atoms with Crippen molar-refractivity contribution in [3.05, 3.63) is 18.6 Å². The average molecular weight is 637 g/mol. The normalized spacial score (nSPS) is 16.7. The average Bonchev–Trinajstić information content (AvgIpc) is 3.37. The molecular formula is C31H53N6O6P. The van der Waals surface area contributed by atoms with E-state index in [9.17, 15) is 14.2 Å². The quantitative estimate of drug-likeness (QED) is 0.0877. The number of fused-ring (bicyclic) bond motifs is 1. The first-order valence-electron chi connectivity index (χ1n) is 16.1. The molecule has 0 spiro atoms. The van der Waals surface area contributed by atoms with Crippen molar-refractivity contribution >= 4 is 36.2 Å². The Kier molecular flexibility index (Phi) is 13.6. The maximum absolute atomic E-state index is 14.6. The second-order valence-electron chi connectivity index (χ2n) is 12.5. The van der Waals surface area contributed by atoms with Crippen molar-refractivity contribution in [3.63, 3.8) is 0 Å². The number of imidazole rings is 1. The number of aromatic nitrogens is 3. The van der Waals surface area contributed by atoms with Crippen molar-refractivity contribution in [2.45, 2.75) is 129 Å². The molecule has 0 bridgehead atoms. The number of nitrogens with zero attached hydrogens (tertiary/aromatic N) is 3. The number of esters is 2. The van der Waals surface area contributed by atoms with Crippen molar-refractivity contribution in [3.8, 4) is 0 Å². The Hall–Kier alpha value is -2.53. The number of ether oxygens (including phenoxy) is 3. The Balaban J connectivity index is 1.72.